The molecule has 3 amide bonds. The number of amides is 3. The van der Waals surface area contributed by atoms with E-state index >= 15 is 0 Å². The van der Waals surface area contributed by atoms with Crippen LogP contribution in [0.2, 0.25) is 0 Å². The van der Waals surface area contributed by atoms with Crippen LogP contribution in [-0.4, -0.2) is 28.7 Å². The number of allylic oxidation sites excluding steroid dienone is 2. The first-order valence-electron chi connectivity index (χ1n) is 8.97. The van der Waals surface area contributed by atoms with Crippen molar-refractivity contribution in [1.29, 1.82) is 0 Å². The van der Waals surface area contributed by atoms with Crippen LogP contribution in [0.5, 0.6) is 0 Å². The molecule has 6 heteroatoms. The first-order chi connectivity index (χ1) is 12.4. The number of hydrogen-bond acceptors (Lipinski definition) is 3. The standard InChI is InChI=1S/C20H23FN2O3/c1-12(2)10-17(18(24)22-14-7-5-6-13(21)11-14)23-19(25)15-8-3-4-9-16(15)20(23)26/h3-7,11-12,15-17H,8-10H2,1-2H3,(H,22,24). The lowest BCUT2D eigenvalue weighted by atomic mass is 9.85. The molecule has 0 radical (unpaired) electrons. The van der Waals surface area contributed by atoms with Crippen molar-refractivity contribution in [2.75, 3.05) is 5.32 Å². The van der Waals surface area contributed by atoms with Gasteiger partial charge in [-0.15, -0.1) is 0 Å². The second kappa shape index (κ2) is 7.40. The summed E-state index contributed by atoms with van der Waals surface area (Å²) in [6.07, 6.45) is 5.27. The predicted octanol–water partition coefficient (Wildman–Crippen LogP) is 3.13. The van der Waals surface area contributed by atoms with Crippen molar-refractivity contribution < 1.29 is 18.8 Å². The minimum absolute atomic E-state index is 0.111. The van der Waals surface area contributed by atoms with Crippen molar-refractivity contribution in [2.24, 2.45) is 17.8 Å². The Morgan fingerprint density at radius 1 is 1.19 bits per heavy atom. The van der Waals surface area contributed by atoms with E-state index in [1.54, 1.807) is 6.07 Å². The normalized spacial score (nSPS) is 23.3. The molecule has 1 N–H and O–H groups in total. The number of rotatable bonds is 5. The summed E-state index contributed by atoms with van der Waals surface area (Å²) in [6.45, 7) is 3.87. The van der Waals surface area contributed by atoms with Crippen molar-refractivity contribution in [3.63, 3.8) is 0 Å². The molecule has 5 nitrogen and oxygen atoms in total. The number of fused-ring (bicyclic) bond motifs is 1. The highest BCUT2D eigenvalue weighted by Gasteiger charge is 2.51. The molecule has 1 aromatic rings. The lowest BCUT2D eigenvalue weighted by Gasteiger charge is -2.27. The average molecular weight is 358 g/mol. The third kappa shape index (κ3) is 3.54. The summed E-state index contributed by atoms with van der Waals surface area (Å²) < 4.78 is 13.4. The first kappa shape index (κ1) is 18.3. The van der Waals surface area contributed by atoms with E-state index in [9.17, 15) is 18.8 Å². The van der Waals surface area contributed by atoms with Gasteiger partial charge in [0.25, 0.3) is 0 Å². The highest BCUT2D eigenvalue weighted by Crippen LogP contribution is 2.37. The van der Waals surface area contributed by atoms with Gasteiger partial charge in [-0.2, -0.15) is 0 Å². The Bertz CT molecular complexity index is 733. The molecule has 0 aromatic heterocycles. The Morgan fingerprint density at radius 3 is 2.35 bits per heavy atom. The fourth-order valence-corrected chi connectivity index (χ4v) is 3.70. The number of carbonyl (C=O) groups excluding carboxylic acids is 3. The van der Waals surface area contributed by atoms with Crippen molar-refractivity contribution in [3.8, 4) is 0 Å². The van der Waals surface area contributed by atoms with E-state index in [-0.39, 0.29) is 29.6 Å². The summed E-state index contributed by atoms with van der Waals surface area (Å²) in [5, 5.41) is 2.65. The maximum absolute atomic E-state index is 13.4. The molecule has 0 saturated carbocycles. The zero-order valence-electron chi connectivity index (χ0n) is 14.9. The molecule has 26 heavy (non-hydrogen) atoms. The molecule has 3 unspecified atom stereocenters. The fourth-order valence-electron chi connectivity index (χ4n) is 3.70. The van der Waals surface area contributed by atoms with Gasteiger partial charge in [-0.25, -0.2) is 4.39 Å². The summed E-state index contributed by atoms with van der Waals surface area (Å²) in [5.41, 5.74) is 0.307. The summed E-state index contributed by atoms with van der Waals surface area (Å²) in [7, 11) is 0. The van der Waals surface area contributed by atoms with Gasteiger partial charge in [-0.3, -0.25) is 19.3 Å². The molecule has 1 aliphatic heterocycles. The first-order valence-corrected chi connectivity index (χ1v) is 8.97. The van der Waals surface area contributed by atoms with Crippen LogP contribution in [0.4, 0.5) is 10.1 Å². The van der Waals surface area contributed by atoms with Crippen molar-refractivity contribution in [1.82, 2.24) is 4.90 Å². The average Bonchev–Trinajstić information content (AvgIpc) is 2.84. The van der Waals surface area contributed by atoms with E-state index in [0.717, 1.165) is 4.90 Å². The maximum atomic E-state index is 13.4. The quantitative estimate of drug-likeness (QED) is 0.650. The van der Waals surface area contributed by atoms with Crippen LogP contribution in [0.3, 0.4) is 0 Å². The number of nitrogens with one attached hydrogen (secondary N) is 1. The van der Waals surface area contributed by atoms with Gasteiger partial charge in [0.2, 0.25) is 17.7 Å². The molecule has 1 aliphatic carbocycles. The van der Waals surface area contributed by atoms with Gasteiger partial charge < -0.3 is 5.32 Å². The molecule has 0 bridgehead atoms. The summed E-state index contributed by atoms with van der Waals surface area (Å²) >= 11 is 0. The Morgan fingerprint density at radius 2 is 1.81 bits per heavy atom. The summed E-state index contributed by atoms with van der Waals surface area (Å²) in [5.74, 6) is -2.10. The summed E-state index contributed by atoms with van der Waals surface area (Å²) in [4.78, 5) is 39.6. The van der Waals surface area contributed by atoms with Crippen LogP contribution < -0.4 is 5.32 Å². The lowest BCUT2D eigenvalue weighted by Crippen LogP contribution is -2.48. The number of carbonyl (C=O) groups is 3. The van der Waals surface area contributed by atoms with Gasteiger partial charge in [0, 0.05) is 5.69 Å². The Balaban J connectivity index is 1.84. The SMILES string of the molecule is CC(C)CC(C(=O)Nc1cccc(F)c1)N1C(=O)C2CC=CCC2C1=O. The molecule has 1 fully saturated rings. The Kier molecular flexibility index (Phi) is 5.20. The van der Waals surface area contributed by atoms with E-state index in [2.05, 4.69) is 5.32 Å². The minimum atomic E-state index is -0.885. The predicted molar refractivity (Wildman–Crippen MR) is 95.5 cm³/mol. The summed E-state index contributed by atoms with van der Waals surface area (Å²) in [6, 6.07) is 4.68. The topological polar surface area (TPSA) is 66.5 Å². The van der Waals surface area contributed by atoms with Crippen LogP contribution in [-0.2, 0) is 14.4 Å². The number of imide groups is 1. The Labute approximate surface area is 152 Å². The molecular weight excluding hydrogens is 335 g/mol. The molecule has 2 aliphatic rings. The maximum Gasteiger partial charge on any atom is 0.247 e. The fraction of sp³-hybridized carbons (Fsp3) is 0.450. The van der Waals surface area contributed by atoms with E-state index in [1.165, 1.54) is 18.2 Å². The van der Waals surface area contributed by atoms with Gasteiger partial charge in [0.1, 0.15) is 11.9 Å². The highest BCUT2D eigenvalue weighted by atomic mass is 19.1. The van der Waals surface area contributed by atoms with Gasteiger partial charge in [0.05, 0.1) is 11.8 Å². The molecule has 1 heterocycles. The van der Waals surface area contributed by atoms with Gasteiger partial charge >= 0.3 is 0 Å². The molecule has 0 spiro atoms. The number of hydrogen-bond donors (Lipinski definition) is 1. The molecule has 138 valence electrons. The highest BCUT2D eigenvalue weighted by molar-refractivity contribution is 6.10. The molecule has 3 rings (SSSR count). The number of likely N-dealkylation sites (tertiary alicyclic amines) is 1. The number of nitrogens with zero attached hydrogens (tertiary/aromatic N) is 1. The zero-order chi connectivity index (χ0) is 18.8. The van der Waals surface area contributed by atoms with Gasteiger partial charge in [0.15, 0.2) is 0 Å². The monoisotopic (exact) mass is 358 g/mol. The van der Waals surface area contributed by atoms with Gasteiger partial charge in [-0.05, 0) is 43.4 Å². The van der Waals surface area contributed by atoms with Crippen molar-refractivity contribution in [2.45, 2.75) is 39.2 Å². The number of anilines is 1. The molecule has 1 aromatic carbocycles. The van der Waals surface area contributed by atoms with Crippen LogP contribution in [0.15, 0.2) is 36.4 Å². The third-order valence-electron chi connectivity index (χ3n) is 4.94. The number of halogens is 1. The molecular formula is C20H23FN2O3. The van der Waals surface area contributed by atoms with E-state index in [0.29, 0.717) is 24.9 Å². The van der Waals surface area contributed by atoms with Crippen LogP contribution in [0.1, 0.15) is 33.1 Å². The smallest absolute Gasteiger partial charge is 0.247 e. The lowest BCUT2D eigenvalue weighted by molar-refractivity contribution is -0.147. The van der Waals surface area contributed by atoms with E-state index < -0.39 is 17.8 Å². The zero-order valence-corrected chi connectivity index (χ0v) is 14.9. The van der Waals surface area contributed by atoms with Crippen molar-refractivity contribution >= 4 is 23.4 Å². The largest absolute Gasteiger partial charge is 0.324 e. The van der Waals surface area contributed by atoms with Gasteiger partial charge in [-0.1, -0.05) is 32.1 Å². The molecule has 1 saturated heterocycles. The van der Waals surface area contributed by atoms with E-state index in [1.807, 2.05) is 26.0 Å². The van der Waals surface area contributed by atoms with Crippen LogP contribution in [0, 0.1) is 23.6 Å². The molecule has 3 atom stereocenters. The Hall–Kier alpha value is -2.50. The second-order valence-electron chi connectivity index (χ2n) is 7.35. The van der Waals surface area contributed by atoms with E-state index in [4.69, 9.17) is 0 Å². The van der Waals surface area contributed by atoms with Crippen LogP contribution >= 0.6 is 0 Å². The number of benzene rings is 1. The van der Waals surface area contributed by atoms with Crippen molar-refractivity contribution in [3.05, 3.63) is 42.2 Å². The van der Waals surface area contributed by atoms with Crippen LogP contribution in [0.25, 0.3) is 0 Å². The second-order valence-corrected chi connectivity index (χ2v) is 7.35. The third-order valence-corrected chi connectivity index (χ3v) is 4.94. The minimum Gasteiger partial charge on any atom is -0.324 e.